The third-order valence-corrected chi connectivity index (χ3v) is 6.77. The number of hydrogen-bond acceptors (Lipinski definition) is 7. The Morgan fingerprint density at radius 3 is 1.44 bits per heavy atom. The molecule has 2 aromatic heterocycles. The van der Waals surface area contributed by atoms with Crippen molar-refractivity contribution in [2.24, 2.45) is 17.2 Å². The number of amides is 2. The number of nitrogens with zero attached hydrogens (tertiary/aromatic N) is 2. The van der Waals surface area contributed by atoms with E-state index in [1.54, 1.807) is 52.1 Å². The van der Waals surface area contributed by atoms with Crippen LogP contribution in [0.15, 0.2) is 85.2 Å². The van der Waals surface area contributed by atoms with Gasteiger partial charge in [-0.2, -0.15) is 26.3 Å². The molecule has 0 aliphatic carbocycles. The van der Waals surface area contributed by atoms with Crippen LogP contribution in [0, 0.1) is 0 Å². The summed E-state index contributed by atoms with van der Waals surface area (Å²) in [6.45, 7) is 6.76. The van der Waals surface area contributed by atoms with Gasteiger partial charge in [0.25, 0.3) is 0 Å². The van der Waals surface area contributed by atoms with Gasteiger partial charge < -0.3 is 17.2 Å². The zero-order valence-corrected chi connectivity index (χ0v) is 28.2. The molecule has 0 atom stereocenters. The molecule has 4 rings (SSSR count). The summed E-state index contributed by atoms with van der Waals surface area (Å²) in [6, 6.07) is 16.3. The minimum atomic E-state index is -4.35. The predicted octanol–water partition coefficient (Wildman–Crippen LogP) is 6.33. The Balaban J connectivity index is 0.000000424. The van der Waals surface area contributed by atoms with Gasteiger partial charge in [0.05, 0.1) is 27.9 Å². The fourth-order valence-corrected chi connectivity index (χ4v) is 3.55. The van der Waals surface area contributed by atoms with E-state index in [0.717, 1.165) is 29.8 Å². The van der Waals surface area contributed by atoms with Crippen molar-refractivity contribution >= 4 is 30.5 Å². The lowest BCUT2D eigenvalue weighted by Gasteiger charge is -2.22. The molecule has 0 fully saturated rings. The van der Waals surface area contributed by atoms with Gasteiger partial charge in [-0.15, -0.1) is 12.4 Å². The summed E-state index contributed by atoms with van der Waals surface area (Å²) in [6.07, 6.45) is -5.09. The fourth-order valence-electron chi connectivity index (χ4n) is 3.55. The number of carbonyl (C=O) groups is 3. The number of aldehydes is 1. The third-order valence-electron chi connectivity index (χ3n) is 6.77. The number of pyridine rings is 2. The molecular formula is C34H37ClF6N6O3. The van der Waals surface area contributed by atoms with Crippen LogP contribution in [-0.2, 0) is 28.5 Å². The molecule has 2 amide bonds. The minimum absolute atomic E-state index is 0. The average Bonchev–Trinajstić information content (AvgIpc) is 3.03. The number of halogens is 7. The lowest BCUT2D eigenvalue weighted by molar-refractivity contribution is -0.138. The third kappa shape index (κ3) is 13.6. The number of carbonyl (C=O) groups excluding carboxylic acids is 3. The Morgan fingerprint density at radius 1 is 0.680 bits per heavy atom. The van der Waals surface area contributed by atoms with Crippen LogP contribution in [0.25, 0.3) is 22.3 Å². The van der Waals surface area contributed by atoms with Gasteiger partial charge in [0.15, 0.2) is 6.29 Å². The monoisotopic (exact) mass is 726 g/mol. The maximum Gasteiger partial charge on any atom is 0.416 e. The molecule has 7 N–H and O–H groups in total. The molecule has 2 aromatic carbocycles. The molecule has 4 aromatic rings. The van der Waals surface area contributed by atoms with Crippen molar-refractivity contribution in [2.45, 2.75) is 57.7 Å². The van der Waals surface area contributed by atoms with Crippen LogP contribution in [-0.4, -0.2) is 39.1 Å². The Kier molecular flexibility index (Phi) is 15.3. The van der Waals surface area contributed by atoms with Crippen LogP contribution in [0.2, 0.25) is 0 Å². The molecule has 0 aliphatic heterocycles. The van der Waals surface area contributed by atoms with E-state index in [0.29, 0.717) is 35.2 Å². The second-order valence-electron chi connectivity index (χ2n) is 11.7. The number of rotatable bonds is 8. The van der Waals surface area contributed by atoms with Crippen LogP contribution >= 0.6 is 12.4 Å². The van der Waals surface area contributed by atoms with E-state index in [4.69, 9.17) is 17.2 Å². The first kappa shape index (κ1) is 43.2. The number of hydrogen-bond donors (Lipinski definition) is 4. The van der Waals surface area contributed by atoms with Gasteiger partial charge in [-0.05, 0) is 98.5 Å². The van der Waals surface area contributed by atoms with Gasteiger partial charge in [-0.25, -0.2) is 0 Å². The summed E-state index contributed by atoms with van der Waals surface area (Å²) < 4.78 is 75.0. The second-order valence-corrected chi connectivity index (χ2v) is 11.7. The molecule has 2 heterocycles. The van der Waals surface area contributed by atoms with Crippen molar-refractivity contribution in [2.75, 3.05) is 0 Å². The van der Waals surface area contributed by atoms with Crippen LogP contribution in [0.1, 0.15) is 55.0 Å². The topological polar surface area (TPSA) is 167 Å². The number of nitrogens with one attached hydrogen (secondary N) is 1. The first-order valence-electron chi connectivity index (χ1n) is 14.4. The number of aromatic nitrogens is 2. The number of benzene rings is 2. The molecular weight excluding hydrogens is 690 g/mol. The smallest absolute Gasteiger partial charge is 0.368 e. The molecule has 0 unspecified atom stereocenters. The summed E-state index contributed by atoms with van der Waals surface area (Å²) in [5.41, 5.74) is 15.7. The molecule has 16 heteroatoms. The Morgan fingerprint density at radius 2 is 1.08 bits per heavy atom. The first-order valence-corrected chi connectivity index (χ1v) is 14.4. The van der Waals surface area contributed by atoms with E-state index >= 15 is 0 Å². The van der Waals surface area contributed by atoms with Gasteiger partial charge >= 0.3 is 12.4 Å². The zero-order chi connectivity index (χ0) is 37.2. The highest BCUT2D eigenvalue weighted by Gasteiger charge is 2.31. The molecule has 270 valence electrons. The number of primary amides is 2. The van der Waals surface area contributed by atoms with Crippen molar-refractivity contribution < 1.29 is 40.7 Å². The number of alkyl halides is 6. The maximum atomic E-state index is 12.6. The van der Waals surface area contributed by atoms with Crippen LogP contribution < -0.4 is 22.5 Å². The number of nitrogens with two attached hydrogens (primary N) is 3. The van der Waals surface area contributed by atoms with Gasteiger partial charge in [-0.1, -0.05) is 24.3 Å². The van der Waals surface area contributed by atoms with Gasteiger partial charge in [-0.3, -0.25) is 29.7 Å². The molecule has 0 aliphatic rings. The molecule has 0 saturated heterocycles. The van der Waals surface area contributed by atoms with Crippen LogP contribution in [0.4, 0.5) is 26.3 Å². The van der Waals surface area contributed by atoms with Crippen LogP contribution in [0.3, 0.4) is 0 Å². The SMILES string of the molecule is CC(C)(N)C(N)=O.CC(C)(NCc1cc(-c2ccc(C(F)(F)F)cc2)ccn1)C(N)=O.Cl.O=Cc1cc(-c2ccc(C(F)(F)F)cc2)ccn1. The minimum Gasteiger partial charge on any atom is -0.368 e. The van der Waals surface area contributed by atoms with Gasteiger partial charge in [0.2, 0.25) is 11.8 Å². The second kappa shape index (κ2) is 17.7. The van der Waals surface area contributed by atoms with Crippen molar-refractivity contribution in [1.82, 2.24) is 15.3 Å². The van der Waals surface area contributed by atoms with E-state index in [2.05, 4.69) is 15.3 Å². The van der Waals surface area contributed by atoms with Crippen molar-refractivity contribution in [3.63, 3.8) is 0 Å². The molecule has 50 heavy (non-hydrogen) atoms. The van der Waals surface area contributed by atoms with Crippen molar-refractivity contribution in [3.8, 4) is 22.3 Å². The normalized spacial score (nSPS) is 11.5. The first-order chi connectivity index (χ1) is 22.5. The quantitative estimate of drug-likeness (QED) is 0.122. The summed E-state index contributed by atoms with van der Waals surface area (Å²) in [4.78, 5) is 40.0. The Hall–Kier alpha value is -4.86. The molecule has 0 radical (unpaired) electrons. The lowest BCUT2D eigenvalue weighted by atomic mass is 10.0. The Bertz CT molecular complexity index is 1720. The Labute approximate surface area is 291 Å². The van der Waals surface area contributed by atoms with E-state index in [1.807, 2.05) is 0 Å². The summed E-state index contributed by atoms with van der Waals surface area (Å²) >= 11 is 0. The highest BCUT2D eigenvalue weighted by molar-refractivity contribution is 5.85. The average molecular weight is 727 g/mol. The summed E-state index contributed by atoms with van der Waals surface area (Å²) in [5, 5.41) is 3.00. The van der Waals surface area contributed by atoms with E-state index in [1.165, 1.54) is 36.5 Å². The molecule has 0 saturated carbocycles. The summed E-state index contributed by atoms with van der Waals surface area (Å²) in [5.74, 6) is -0.964. The van der Waals surface area contributed by atoms with Gasteiger partial charge in [0, 0.05) is 18.9 Å². The highest BCUT2D eigenvalue weighted by atomic mass is 35.5. The van der Waals surface area contributed by atoms with Gasteiger partial charge in [0.1, 0.15) is 5.69 Å². The lowest BCUT2D eigenvalue weighted by Crippen LogP contribution is -2.50. The van der Waals surface area contributed by atoms with E-state index in [-0.39, 0.29) is 18.1 Å². The molecule has 0 bridgehead atoms. The molecule has 9 nitrogen and oxygen atoms in total. The zero-order valence-electron chi connectivity index (χ0n) is 27.4. The fraction of sp³-hybridized carbons (Fsp3) is 0.265. The largest absolute Gasteiger partial charge is 0.416 e. The summed E-state index contributed by atoms with van der Waals surface area (Å²) in [7, 11) is 0. The van der Waals surface area contributed by atoms with E-state index < -0.39 is 46.4 Å². The van der Waals surface area contributed by atoms with Crippen molar-refractivity contribution in [3.05, 3.63) is 108 Å². The highest BCUT2D eigenvalue weighted by Crippen LogP contribution is 2.32. The van der Waals surface area contributed by atoms with Crippen LogP contribution in [0.5, 0.6) is 0 Å². The standard InChI is InChI=1S/C17H18F3N3O.C13H8F3NO.C4H10N2O.ClH/c1-16(2,15(21)24)23-10-14-9-12(7-8-22-14)11-3-5-13(6-4-11)17(18,19)20;14-13(15,16)11-3-1-9(2-4-11)10-5-6-17-12(7-10)8-18;1-4(2,6)3(5)7;/h3-9,23H,10H2,1-2H3,(H2,21,24);1-8H;6H2,1-2H3,(H2,5,7);1H. The maximum absolute atomic E-state index is 12.6. The van der Waals surface area contributed by atoms with E-state index in [9.17, 15) is 40.7 Å². The predicted molar refractivity (Wildman–Crippen MR) is 180 cm³/mol. The molecule has 0 spiro atoms. The van der Waals surface area contributed by atoms with Crippen molar-refractivity contribution in [1.29, 1.82) is 0 Å².